The first-order chi connectivity index (χ1) is 5.83. The highest BCUT2D eigenvalue weighted by Crippen LogP contribution is 2.01. The third-order valence-electron chi connectivity index (χ3n) is 1.60. The summed E-state index contributed by atoms with van der Waals surface area (Å²) in [6, 6.07) is 9.60. The minimum absolute atomic E-state index is 0.218. The monoisotopic (exact) mass is 161 g/mol. The number of hydrogen-bond acceptors (Lipinski definition) is 2. The van der Waals surface area contributed by atoms with Crippen LogP contribution in [0.2, 0.25) is 0 Å². The summed E-state index contributed by atoms with van der Waals surface area (Å²) in [5.74, 6) is 1.69. The van der Waals surface area contributed by atoms with Gasteiger partial charge in [0.25, 0.3) is 0 Å². The van der Waals surface area contributed by atoms with E-state index in [1.165, 1.54) is 6.08 Å². The van der Waals surface area contributed by atoms with Crippen molar-refractivity contribution in [1.82, 2.24) is 0 Å². The van der Waals surface area contributed by atoms with Crippen LogP contribution < -0.4 is 5.73 Å². The molecule has 2 heteroatoms. The maximum Gasteiger partial charge on any atom is 0.121 e. The molecule has 0 saturated carbocycles. The second kappa shape index (κ2) is 4.50. The summed E-state index contributed by atoms with van der Waals surface area (Å²) in [5.41, 5.74) is 6.73. The number of nitrogens with two attached hydrogens (primary N) is 1. The lowest BCUT2D eigenvalue weighted by Crippen LogP contribution is -2.19. The van der Waals surface area contributed by atoms with Crippen molar-refractivity contribution in [2.45, 2.75) is 12.5 Å². The summed E-state index contributed by atoms with van der Waals surface area (Å²) in [7, 11) is 0. The Hall–Kier alpha value is -1.37. The Morgan fingerprint density at radius 3 is 2.67 bits per heavy atom. The van der Waals surface area contributed by atoms with Gasteiger partial charge >= 0.3 is 0 Å². The highest BCUT2D eigenvalue weighted by Gasteiger charge is 1.98. The van der Waals surface area contributed by atoms with Gasteiger partial charge in [0.05, 0.1) is 0 Å². The van der Waals surface area contributed by atoms with E-state index < -0.39 is 0 Å². The number of rotatable bonds is 3. The van der Waals surface area contributed by atoms with Crippen LogP contribution in [0.15, 0.2) is 36.4 Å². The second-order valence-electron chi connectivity index (χ2n) is 2.64. The maximum atomic E-state index is 9.94. The first-order valence-corrected chi connectivity index (χ1v) is 3.83. The van der Waals surface area contributed by atoms with Crippen LogP contribution in [0.3, 0.4) is 0 Å². The maximum absolute atomic E-state index is 9.94. The first kappa shape index (κ1) is 8.72. The quantitative estimate of drug-likeness (QED) is 0.670. The molecule has 0 bridgehead atoms. The van der Waals surface area contributed by atoms with E-state index in [0.717, 1.165) is 5.56 Å². The Morgan fingerprint density at radius 2 is 2.08 bits per heavy atom. The molecular formula is C10H11NO. The Bertz CT molecular complexity index is 275. The van der Waals surface area contributed by atoms with Crippen molar-refractivity contribution < 1.29 is 4.79 Å². The fourth-order valence-electron chi connectivity index (χ4n) is 1.03. The second-order valence-corrected chi connectivity index (χ2v) is 2.64. The Balaban J connectivity index is 2.58. The predicted octanol–water partition coefficient (Wildman–Crippen LogP) is 0.944. The zero-order valence-electron chi connectivity index (χ0n) is 6.73. The average Bonchev–Trinajstić information content (AvgIpc) is 2.06. The number of carbonyl (C=O) groups excluding carboxylic acids is 1. The summed E-state index contributed by atoms with van der Waals surface area (Å²) in [4.78, 5) is 9.94. The average molecular weight is 161 g/mol. The Kier molecular flexibility index (Phi) is 3.27. The Labute approximate surface area is 71.7 Å². The molecule has 0 aromatic heterocycles. The molecule has 1 aromatic carbocycles. The summed E-state index contributed by atoms with van der Waals surface area (Å²) < 4.78 is 0. The van der Waals surface area contributed by atoms with Gasteiger partial charge in [0, 0.05) is 12.1 Å². The predicted molar refractivity (Wildman–Crippen MR) is 48.4 cm³/mol. The van der Waals surface area contributed by atoms with Gasteiger partial charge in [0.1, 0.15) is 5.94 Å². The molecule has 0 aliphatic rings. The van der Waals surface area contributed by atoms with Gasteiger partial charge in [-0.2, -0.15) is 0 Å². The summed E-state index contributed by atoms with van der Waals surface area (Å²) >= 11 is 0. The topological polar surface area (TPSA) is 43.1 Å². The van der Waals surface area contributed by atoms with Crippen LogP contribution in [0, 0.1) is 0 Å². The lowest BCUT2D eigenvalue weighted by Gasteiger charge is -2.03. The lowest BCUT2D eigenvalue weighted by atomic mass is 10.1. The molecule has 0 aliphatic carbocycles. The van der Waals surface area contributed by atoms with Gasteiger partial charge in [0.2, 0.25) is 0 Å². The molecule has 1 unspecified atom stereocenters. The van der Waals surface area contributed by atoms with Gasteiger partial charge < -0.3 is 5.73 Å². The van der Waals surface area contributed by atoms with Crippen molar-refractivity contribution in [1.29, 1.82) is 0 Å². The van der Waals surface area contributed by atoms with Crippen molar-refractivity contribution in [3.63, 3.8) is 0 Å². The van der Waals surface area contributed by atoms with Crippen molar-refractivity contribution in [3.8, 4) is 0 Å². The van der Waals surface area contributed by atoms with Crippen molar-refractivity contribution in [2.75, 3.05) is 0 Å². The van der Waals surface area contributed by atoms with Crippen LogP contribution in [0.4, 0.5) is 0 Å². The van der Waals surface area contributed by atoms with Crippen LogP contribution in [-0.4, -0.2) is 12.0 Å². The molecular weight excluding hydrogens is 150 g/mol. The number of benzene rings is 1. The van der Waals surface area contributed by atoms with Crippen molar-refractivity contribution >= 4 is 5.94 Å². The molecule has 1 atom stereocenters. The van der Waals surface area contributed by atoms with E-state index in [0.29, 0.717) is 6.42 Å². The minimum Gasteiger partial charge on any atom is -0.324 e. The summed E-state index contributed by atoms with van der Waals surface area (Å²) in [6.45, 7) is 0. The van der Waals surface area contributed by atoms with Crippen LogP contribution in [0.5, 0.6) is 0 Å². The van der Waals surface area contributed by atoms with Gasteiger partial charge in [-0.25, -0.2) is 4.79 Å². The fraction of sp³-hybridized carbons (Fsp3) is 0.200. The molecule has 2 nitrogen and oxygen atoms in total. The zero-order valence-corrected chi connectivity index (χ0v) is 6.73. The van der Waals surface area contributed by atoms with Crippen LogP contribution in [0.25, 0.3) is 0 Å². The molecule has 1 rings (SSSR count). The minimum atomic E-state index is -0.218. The van der Waals surface area contributed by atoms with E-state index in [1.54, 1.807) is 5.94 Å². The van der Waals surface area contributed by atoms with E-state index >= 15 is 0 Å². The summed E-state index contributed by atoms with van der Waals surface area (Å²) in [5, 5.41) is 0. The molecule has 0 heterocycles. The third-order valence-corrected chi connectivity index (χ3v) is 1.60. The van der Waals surface area contributed by atoms with E-state index in [-0.39, 0.29) is 6.04 Å². The highest BCUT2D eigenvalue weighted by molar-refractivity contribution is 5.46. The van der Waals surface area contributed by atoms with Crippen LogP contribution in [-0.2, 0) is 11.2 Å². The SMILES string of the molecule is NC(C=C=O)Cc1ccccc1. The molecule has 0 radical (unpaired) electrons. The normalized spacial score (nSPS) is 11.8. The van der Waals surface area contributed by atoms with E-state index in [1.807, 2.05) is 30.3 Å². The van der Waals surface area contributed by atoms with Gasteiger partial charge in [-0.05, 0) is 12.0 Å². The summed E-state index contributed by atoms with van der Waals surface area (Å²) in [6.07, 6.45) is 2.03. The third kappa shape index (κ3) is 2.70. The van der Waals surface area contributed by atoms with Gasteiger partial charge in [0.15, 0.2) is 0 Å². The zero-order chi connectivity index (χ0) is 8.81. The van der Waals surface area contributed by atoms with E-state index in [9.17, 15) is 4.79 Å². The van der Waals surface area contributed by atoms with Gasteiger partial charge in [-0.1, -0.05) is 30.3 Å². The highest BCUT2D eigenvalue weighted by atomic mass is 16.1. The first-order valence-electron chi connectivity index (χ1n) is 3.83. The molecule has 0 fully saturated rings. The molecule has 1 aromatic rings. The van der Waals surface area contributed by atoms with Gasteiger partial charge in [-0.15, -0.1) is 0 Å². The molecule has 0 amide bonds. The van der Waals surface area contributed by atoms with Gasteiger partial charge in [-0.3, -0.25) is 0 Å². The van der Waals surface area contributed by atoms with E-state index in [2.05, 4.69) is 0 Å². The molecule has 2 N–H and O–H groups in total. The van der Waals surface area contributed by atoms with Crippen molar-refractivity contribution in [3.05, 3.63) is 42.0 Å². The number of hydrogen-bond donors (Lipinski definition) is 1. The molecule has 0 saturated heterocycles. The van der Waals surface area contributed by atoms with Crippen molar-refractivity contribution in [2.24, 2.45) is 5.73 Å². The lowest BCUT2D eigenvalue weighted by molar-refractivity contribution is 0.567. The molecule has 0 spiro atoms. The molecule has 62 valence electrons. The molecule has 0 aliphatic heterocycles. The largest absolute Gasteiger partial charge is 0.324 e. The molecule has 12 heavy (non-hydrogen) atoms. The Morgan fingerprint density at radius 1 is 1.42 bits per heavy atom. The fourth-order valence-corrected chi connectivity index (χ4v) is 1.03. The van der Waals surface area contributed by atoms with E-state index in [4.69, 9.17) is 5.73 Å². The standard InChI is InChI=1S/C10H11NO/c11-10(6-7-12)8-9-4-2-1-3-5-9/h1-6,10H,8,11H2. The van der Waals surface area contributed by atoms with Crippen LogP contribution >= 0.6 is 0 Å². The smallest absolute Gasteiger partial charge is 0.121 e. The van der Waals surface area contributed by atoms with Crippen LogP contribution in [0.1, 0.15) is 5.56 Å².